The van der Waals surface area contributed by atoms with E-state index in [0.29, 0.717) is 12.1 Å². The maximum atomic E-state index is 14.0. The van der Waals surface area contributed by atoms with Crippen LogP contribution in [0.3, 0.4) is 0 Å². The number of carbonyl (C=O) groups excluding carboxylic acids is 1. The summed E-state index contributed by atoms with van der Waals surface area (Å²) in [6, 6.07) is 4.09. The van der Waals surface area contributed by atoms with E-state index in [-0.39, 0.29) is 17.4 Å². The second-order valence-electron chi connectivity index (χ2n) is 6.11. The number of aromatic nitrogens is 3. The minimum Gasteiger partial charge on any atom is -0.266 e. The van der Waals surface area contributed by atoms with Gasteiger partial charge in [0.15, 0.2) is 11.5 Å². The molecule has 7 nitrogen and oxygen atoms in total. The lowest BCUT2D eigenvalue weighted by atomic mass is 10.2. The van der Waals surface area contributed by atoms with E-state index in [1.807, 2.05) is 0 Å². The van der Waals surface area contributed by atoms with Crippen molar-refractivity contribution in [2.24, 2.45) is 0 Å². The Labute approximate surface area is 176 Å². The average molecular weight is 481 g/mol. The molecular weight excluding hydrogens is 471 g/mol. The molecule has 0 bridgehead atoms. The van der Waals surface area contributed by atoms with Crippen LogP contribution in [-0.4, -0.2) is 29.3 Å². The summed E-state index contributed by atoms with van der Waals surface area (Å²) in [6.07, 6.45) is -4.85. The van der Waals surface area contributed by atoms with Gasteiger partial charge in [-0.25, -0.2) is 26.6 Å². The molecule has 1 heterocycles. The Morgan fingerprint density at radius 2 is 1.81 bits per heavy atom. The molecule has 0 radical (unpaired) electrons. The summed E-state index contributed by atoms with van der Waals surface area (Å²) in [7, 11) is -4.84. The van der Waals surface area contributed by atoms with Gasteiger partial charge < -0.3 is 0 Å². The van der Waals surface area contributed by atoms with Crippen LogP contribution in [0.4, 0.5) is 22.0 Å². The van der Waals surface area contributed by atoms with Gasteiger partial charge in [-0.1, -0.05) is 16.8 Å². The van der Waals surface area contributed by atoms with Gasteiger partial charge in [-0.3, -0.25) is 4.79 Å². The third-order valence-electron chi connectivity index (χ3n) is 4.02. The van der Waals surface area contributed by atoms with E-state index in [0.717, 1.165) is 22.9 Å². The molecule has 0 spiro atoms. The summed E-state index contributed by atoms with van der Waals surface area (Å²) in [5, 5.41) is 6.46. The number of amides is 1. The Balaban J connectivity index is 1.94. The minimum atomic E-state index is -4.85. The Kier molecular flexibility index (Phi) is 5.76. The molecule has 2 aromatic carbocycles. The summed E-state index contributed by atoms with van der Waals surface area (Å²) in [5.74, 6) is -3.23. The Morgan fingerprint density at radius 3 is 2.42 bits per heavy atom. The highest BCUT2D eigenvalue weighted by atomic mass is 35.5. The van der Waals surface area contributed by atoms with Gasteiger partial charge >= 0.3 is 6.18 Å². The first-order valence-corrected chi connectivity index (χ1v) is 9.99. The molecule has 31 heavy (non-hydrogen) atoms. The summed E-state index contributed by atoms with van der Waals surface area (Å²) in [5.41, 5.74) is -2.24. The van der Waals surface area contributed by atoms with Gasteiger partial charge in [-0.2, -0.15) is 13.2 Å². The van der Waals surface area contributed by atoms with Crippen LogP contribution in [0.5, 0.6) is 0 Å². The lowest BCUT2D eigenvalue weighted by Gasteiger charge is -2.11. The summed E-state index contributed by atoms with van der Waals surface area (Å²) < 4.78 is 93.0. The molecule has 0 saturated heterocycles. The van der Waals surface area contributed by atoms with Gasteiger partial charge in [0.1, 0.15) is 16.4 Å². The normalized spacial score (nSPS) is 12.1. The number of nitrogens with zero attached hydrogens (tertiary/aromatic N) is 3. The van der Waals surface area contributed by atoms with Crippen LogP contribution in [0.15, 0.2) is 41.3 Å². The van der Waals surface area contributed by atoms with Crippen LogP contribution in [0.25, 0.3) is 5.69 Å². The first kappa shape index (κ1) is 22.6. The average Bonchev–Trinajstić information content (AvgIpc) is 3.02. The highest BCUT2D eigenvalue weighted by molar-refractivity contribution is 7.90. The van der Waals surface area contributed by atoms with Gasteiger partial charge in [0.2, 0.25) is 0 Å². The van der Waals surface area contributed by atoms with Crippen molar-refractivity contribution in [2.45, 2.75) is 18.0 Å². The molecule has 0 aliphatic heterocycles. The van der Waals surface area contributed by atoms with Crippen LogP contribution >= 0.6 is 11.6 Å². The topological polar surface area (TPSA) is 93.9 Å². The van der Waals surface area contributed by atoms with E-state index in [4.69, 9.17) is 11.6 Å². The number of nitrogens with one attached hydrogen (secondary N) is 1. The number of halogens is 6. The lowest BCUT2D eigenvalue weighted by molar-refractivity contribution is -0.137. The number of benzene rings is 2. The van der Waals surface area contributed by atoms with Gasteiger partial charge in [0.05, 0.1) is 16.3 Å². The maximum absolute atomic E-state index is 14.0. The lowest BCUT2D eigenvalue weighted by Crippen LogP contribution is -2.31. The fourth-order valence-corrected chi connectivity index (χ4v) is 4.01. The van der Waals surface area contributed by atoms with E-state index in [2.05, 4.69) is 10.3 Å². The van der Waals surface area contributed by atoms with Crippen molar-refractivity contribution in [1.29, 1.82) is 0 Å². The maximum Gasteiger partial charge on any atom is 0.416 e. The van der Waals surface area contributed by atoms with Crippen molar-refractivity contribution in [3.05, 3.63) is 70.0 Å². The van der Waals surface area contributed by atoms with E-state index >= 15 is 0 Å². The number of hydrogen-bond donors (Lipinski definition) is 1. The predicted molar refractivity (Wildman–Crippen MR) is 97.1 cm³/mol. The quantitative estimate of drug-likeness (QED) is 0.575. The van der Waals surface area contributed by atoms with Crippen molar-refractivity contribution in [3.63, 3.8) is 0 Å². The van der Waals surface area contributed by atoms with Crippen molar-refractivity contribution in [3.8, 4) is 5.69 Å². The first-order valence-electron chi connectivity index (χ1n) is 8.13. The third-order valence-corrected chi connectivity index (χ3v) is 5.84. The zero-order valence-electron chi connectivity index (χ0n) is 15.2. The van der Waals surface area contributed by atoms with Gasteiger partial charge in [-0.05, 0) is 37.3 Å². The second kappa shape index (κ2) is 7.89. The molecule has 14 heteroatoms. The third kappa shape index (κ3) is 4.51. The van der Waals surface area contributed by atoms with E-state index in [1.165, 1.54) is 6.92 Å². The molecule has 0 unspecified atom stereocenters. The summed E-state index contributed by atoms with van der Waals surface area (Å²) >= 11 is 5.70. The molecule has 0 atom stereocenters. The number of alkyl halides is 3. The molecule has 3 aromatic rings. The molecule has 1 aromatic heterocycles. The molecule has 0 fully saturated rings. The van der Waals surface area contributed by atoms with E-state index in [1.54, 1.807) is 4.72 Å². The first-order chi connectivity index (χ1) is 14.3. The van der Waals surface area contributed by atoms with Crippen LogP contribution in [-0.2, 0) is 16.2 Å². The highest BCUT2D eigenvalue weighted by Gasteiger charge is 2.33. The fourth-order valence-electron chi connectivity index (χ4n) is 2.53. The number of sulfonamides is 1. The number of rotatable bonds is 4. The Hall–Kier alpha value is -3.06. The molecule has 1 N–H and O–H groups in total. The largest absolute Gasteiger partial charge is 0.416 e. The standard InChI is InChI=1S/C17H10ClF5N4O3S/c1-8-15(24-26-27(8)13-5-3-10(19)7-12(13)20)16(28)25-31(29,30)14-6-9(17(21,22)23)2-4-11(14)18/h2-7H,1H3,(H,25,28). The zero-order valence-corrected chi connectivity index (χ0v) is 16.8. The molecule has 1 amide bonds. The molecule has 0 aliphatic rings. The monoisotopic (exact) mass is 480 g/mol. The van der Waals surface area contributed by atoms with Crippen LogP contribution in [0, 0.1) is 18.6 Å². The molecular formula is C17H10ClF5N4O3S. The molecule has 164 valence electrons. The summed E-state index contributed by atoms with van der Waals surface area (Å²) in [4.78, 5) is 11.4. The smallest absolute Gasteiger partial charge is 0.266 e. The molecule has 0 saturated carbocycles. The number of carbonyl (C=O) groups is 1. The van der Waals surface area contributed by atoms with Gasteiger partial charge in [0, 0.05) is 6.07 Å². The second-order valence-corrected chi connectivity index (χ2v) is 8.17. The van der Waals surface area contributed by atoms with Crippen molar-refractivity contribution in [2.75, 3.05) is 0 Å². The number of hydrogen-bond acceptors (Lipinski definition) is 5. The van der Waals surface area contributed by atoms with Gasteiger partial charge in [0.25, 0.3) is 15.9 Å². The predicted octanol–water partition coefficient (Wildman–Crippen LogP) is 3.64. The SMILES string of the molecule is Cc1c(C(=O)NS(=O)(=O)c2cc(C(F)(F)F)ccc2Cl)nnn1-c1ccc(F)cc1F. The minimum absolute atomic E-state index is 0.117. The van der Waals surface area contributed by atoms with Gasteiger partial charge in [-0.15, -0.1) is 5.10 Å². The molecule has 3 rings (SSSR count). The van der Waals surface area contributed by atoms with E-state index < -0.39 is 54.9 Å². The Morgan fingerprint density at radius 1 is 1.13 bits per heavy atom. The van der Waals surface area contributed by atoms with E-state index in [9.17, 15) is 35.2 Å². The highest BCUT2D eigenvalue weighted by Crippen LogP contribution is 2.33. The Bertz CT molecular complexity index is 1290. The summed E-state index contributed by atoms with van der Waals surface area (Å²) in [6.45, 7) is 1.25. The van der Waals surface area contributed by atoms with Crippen LogP contribution in [0.1, 0.15) is 21.7 Å². The van der Waals surface area contributed by atoms with Crippen molar-refractivity contribution in [1.82, 2.24) is 19.7 Å². The van der Waals surface area contributed by atoms with Crippen LogP contribution < -0.4 is 4.72 Å². The van der Waals surface area contributed by atoms with Crippen molar-refractivity contribution < 1.29 is 35.2 Å². The fraction of sp³-hybridized carbons (Fsp3) is 0.118. The van der Waals surface area contributed by atoms with Crippen LogP contribution in [0.2, 0.25) is 5.02 Å². The van der Waals surface area contributed by atoms with Crippen molar-refractivity contribution >= 4 is 27.5 Å². The molecule has 0 aliphatic carbocycles. The zero-order chi connectivity index (χ0) is 23.1.